The minimum atomic E-state index is -0.436. The third-order valence-electron chi connectivity index (χ3n) is 2.16. The van der Waals surface area contributed by atoms with Crippen LogP contribution >= 0.6 is 0 Å². The number of carbonyl (C=O) groups is 1. The average Bonchev–Trinajstić information content (AvgIpc) is 2.19. The zero-order valence-electron chi connectivity index (χ0n) is 10.0. The van der Waals surface area contributed by atoms with E-state index in [4.69, 9.17) is 5.11 Å². The van der Waals surface area contributed by atoms with Gasteiger partial charge in [0.25, 0.3) is 0 Å². The van der Waals surface area contributed by atoms with Gasteiger partial charge in [0, 0.05) is 24.7 Å². The van der Waals surface area contributed by atoms with Crippen molar-refractivity contribution in [3.8, 4) is 0 Å². The molecule has 0 saturated heterocycles. The molecule has 86 valence electrons. The van der Waals surface area contributed by atoms with Crippen molar-refractivity contribution in [2.75, 3.05) is 20.2 Å². The Kier molecular flexibility index (Phi) is 5.94. The highest BCUT2D eigenvalue weighted by atomic mass is 16.3. The van der Waals surface area contributed by atoms with Gasteiger partial charge in [-0.15, -0.1) is 0 Å². The van der Waals surface area contributed by atoms with E-state index >= 15 is 0 Å². The van der Waals surface area contributed by atoms with E-state index in [0.717, 1.165) is 12.0 Å². The van der Waals surface area contributed by atoms with E-state index in [1.54, 1.807) is 0 Å². The van der Waals surface area contributed by atoms with Crippen molar-refractivity contribution in [3.05, 3.63) is 23.9 Å². The van der Waals surface area contributed by atoms with Crippen molar-refractivity contribution in [1.29, 1.82) is 0 Å². The Morgan fingerprint density at radius 2 is 2.07 bits per heavy atom. The van der Waals surface area contributed by atoms with Gasteiger partial charge in [0.15, 0.2) is 0 Å². The molecule has 0 rings (SSSR count). The summed E-state index contributed by atoms with van der Waals surface area (Å²) in [4.78, 5) is 12.6. The maximum Gasteiger partial charge on any atom is 0.129 e. The molecular weight excluding hydrogens is 190 g/mol. The van der Waals surface area contributed by atoms with Crippen molar-refractivity contribution in [1.82, 2.24) is 4.90 Å². The molecule has 0 unspecified atom stereocenters. The van der Waals surface area contributed by atoms with E-state index in [9.17, 15) is 4.79 Å². The number of aliphatic hydroxyl groups is 1. The Morgan fingerprint density at radius 1 is 1.47 bits per heavy atom. The summed E-state index contributed by atoms with van der Waals surface area (Å²) >= 11 is 0. The summed E-state index contributed by atoms with van der Waals surface area (Å²) in [5, 5.41) is 8.81. The van der Waals surface area contributed by atoms with E-state index in [1.165, 1.54) is 0 Å². The van der Waals surface area contributed by atoms with Crippen molar-refractivity contribution >= 4 is 6.29 Å². The number of hydrogen-bond acceptors (Lipinski definition) is 3. The lowest BCUT2D eigenvalue weighted by molar-refractivity contribution is -0.112. The molecule has 1 N–H and O–H groups in total. The first-order valence-corrected chi connectivity index (χ1v) is 5.10. The number of allylic oxidation sites excluding steroid dienone is 3. The zero-order chi connectivity index (χ0) is 11.9. The highest BCUT2D eigenvalue weighted by Gasteiger charge is 2.11. The quantitative estimate of drug-likeness (QED) is 0.536. The molecule has 0 aliphatic rings. The van der Waals surface area contributed by atoms with Gasteiger partial charge in [-0.3, -0.25) is 0 Å². The number of hydrogen-bond donors (Lipinski definition) is 1. The molecule has 15 heavy (non-hydrogen) atoms. The van der Waals surface area contributed by atoms with E-state index in [1.807, 2.05) is 50.9 Å². The predicted octanol–water partition coefficient (Wildman–Crippen LogP) is 1.60. The summed E-state index contributed by atoms with van der Waals surface area (Å²) in [6.07, 6.45) is 6.64. The second-order valence-electron chi connectivity index (χ2n) is 4.13. The molecule has 0 atom stereocenters. The highest BCUT2D eigenvalue weighted by molar-refractivity contribution is 5.61. The van der Waals surface area contributed by atoms with Gasteiger partial charge in [0.05, 0.1) is 6.61 Å². The van der Waals surface area contributed by atoms with Crippen molar-refractivity contribution < 1.29 is 9.90 Å². The normalized spacial score (nSPS) is 13.3. The van der Waals surface area contributed by atoms with Gasteiger partial charge in [-0.1, -0.05) is 12.2 Å². The van der Waals surface area contributed by atoms with Crippen LogP contribution in [0.5, 0.6) is 0 Å². The largest absolute Gasteiger partial charge is 0.395 e. The fourth-order valence-electron chi connectivity index (χ4n) is 1.06. The van der Waals surface area contributed by atoms with Crippen LogP contribution in [0, 0.1) is 5.41 Å². The summed E-state index contributed by atoms with van der Waals surface area (Å²) in [6.45, 7) is 6.36. The first-order chi connectivity index (χ1) is 6.96. The Bertz CT molecular complexity index is 254. The maximum absolute atomic E-state index is 10.7. The molecule has 0 radical (unpaired) electrons. The first-order valence-electron chi connectivity index (χ1n) is 5.10. The summed E-state index contributed by atoms with van der Waals surface area (Å²) in [5.74, 6) is 0. The minimum Gasteiger partial charge on any atom is -0.395 e. The monoisotopic (exact) mass is 211 g/mol. The van der Waals surface area contributed by atoms with Gasteiger partial charge < -0.3 is 14.8 Å². The fourth-order valence-corrected chi connectivity index (χ4v) is 1.06. The molecular formula is C12H21NO2. The number of nitrogens with zero attached hydrogens (tertiary/aromatic N) is 1. The minimum absolute atomic E-state index is 0.124. The van der Waals surface area contributed by atoms with Crippen LogP contribution in [-0.4, -0.2) is 36.5 Å². The van der Waals surface area contributed by atoms with Crippen LogP contribution in [0.15, 0.2) is 23.9 Å². The van der Waals surface area contributed by atoms with E-state index < -0.39 is 5.41 Å². The molecule has 0 aromatic rings. The van der Waals surface area contributed by atoms with Crippen LogP contribution in [-0.2, 0) is 4.79 Å². The smallest absolute Gasteiger partial charge is 0.129 e. The molecule has 3 nitrogen and oxygen atoms in total. The van der Waals surface area contributed by atoms with Gasteiger partial charge in [0.2, 0.25) is 0 Å². The third kappa shape index (κ3) is 5.37. The molecule has 0 fully saturated rings. The fraction of sp³-hybridized carbons (Fsp3) is 0.583. The number of aliphatic hydroxyl groups excluding tert-OH is 1. The molecule has 3 heteroatoms. The van der Waals surface area contributed by atoms with Crippen molar-refractivity contribution in [2.45, 2.75) is 20.8 Å². The Balaban J connectivity index is 4.54. The SMILES string of the molecule is C/C=C(\C=C/C(C)(C)C=O)N(C)CCO. The molecule has 0 bridgehead atoms. The summed E-state index contributed by atoms with van der Waals surface area (Å²) in [6, 6.07) is 0. The van der Waals surface area contributed by atoms with Gasteiger partial charge in [-0.25, -0.2) is 0 Å². The molecule has 0 aliphatic heterocycles. The van der Waals surface area contributed by atoms with Crippen LogP contribution in [0.3, 0.4) is 0 Å². The summed E-state index contributed by atoms with van der Waals surface area (Å²) < 4.78 is 0. The lowest BCUT2D eigenvalue weighted by Crippen LogP contribution is -2.21. The highest BCUT2D eigenvalue weighted by Crippen LogP contribution is 2.15. The Labute approximate surface area is 92.1 Å². The van der Waals surface area contributed by atoms with E-state index in [-0.39, 0.29) is 6.61 Å². The van der Waals surface area contributed by atoms with E-state index in [2.05, 4.69) is 0 Å². The van der Waals surface area contributed by atoms with Gasteiger partial charge >= 0.3 is 0 Å². The second kappa shape index (κ2) is 6.40. The molecule has 0 spiro atoms. The maximum atomic E-state index is 10.7. The number of likely N-dealkylation sites (N-methyl/N-ethyl adjacent to an activating group) is 1. The number of rotatable bonds is 6. The number of aldehydes is 1. The van der Waals surface area contributed by atoms with Crippen LogP contribution in [0.25, 0.3) is 0 Å². The molecule has 0 aromatic carbocycles. The van der Waals surface area contributed by atoms with Gasteiger partial charge in [-0.05, 0) is 26.8 Å². The van der Waals surface area contributed by atoms with Crippen LogP contribution in [0.1, 0.15) is 20.8 Å². The van der Waals surface area contributed by atoms with Crippen molar-refractivity contribution in [2.24, 2.45) is 5.41 Å². The van der Waals surface area contributed by atoms with Gasteiger partial charge in [0.1, 0.15) is 6.29 Å². The first kappa shape index (κ1) is 13.9. The van der Waals surface area contributed by atoms with Crippen LogP contribution in [0.4, 0.5) is 0 Å². The lowest BCUT2D eigenvalue weighted by atomic mass is 9.95. The Morgan fingerprint density at radius 3 is 2.47 bits per heavy atom. The van der Waals surface area contributed by atoms with Crippen molar-refractivity contribution in [3.63, 3.8) is 0 Å². The molecule has 0 saturated carbocycles. The summed E-state index contributed by atoms with van der Waals surface area (Å²) in [7, 11) is 1.91. The second-order valence-corrected chi connectivity index (χ2v) is 4.13. The average molecular weight is 211 g/mol. The number of carbonyl (C=O) groups excluding carboxylic acids is 1. The van der Waals surface area contributed by atoms with Crippen LogP contribution < -0.4 is 0 Å². The lowest BCUT2D eigenvalue weighted by Gasteiger charge is -2.20. The van der Waals surface area contributed by atoms with Crippen LogP contribution in [0.2, 0.25) is 0 Å². The standard InChI is InChI=1S/C12H21NO2/c1-5-11(13(4)8-9-14)6-7-12(2,3)10-15/h5-7,10,14H,8-9H2,1-4H3/b7-6-,11-5+. The molecule has 0 aliphatic carbocycles. The molecule has 0 heterocycles. The molecule has 0 aromatic heterocycles. The van der Waals surface area contributed by atoms with E-state index in [0.29, 0.717) is 6.54 Å². The zero-order valence-corrected chi connectivity index (χ0v) is 10.0. The topological polar surface area (TPSA) is 40.5 Å². The summed E-state index contributed by atoms with van der Waals surface area (Å²) in [5.41, 5.74) is 0.563. The Hall–Kier alpha value is -1.09. The third-order valence-corrected chi connectivity index (χ3v) is 2.16. The van der Waals surface area contributed by atoms with Gasteiger partial charge in [-0.2, -0.15) is 0 Å². The molecule has 0 amide bonds. The predicted molar refractivity (Wildman–Crippen MR) is 62.5 cm³/mol.